The number of hydrogen-bond donors (Lipinski definition) is 0. The van der Waals surface area contributed by atoms with Crippen molar-refractivity contribution in [3.8, 4) is 0 Å². The summed E-state index contributed by atoms with van der Waals surface area (Å²) in [5, 5.41) is 0. The maximum atomic E-state index is 12.8. The van der Waals surface area contributed by atoms with E-state index in [1.165, 1.54) is 109 Å². The van der Waals surface area contributed by atoms with E-state index in [4.69, 9.17) is 14.2 Å². The van der Waals surface area contributed by atoms with Crippen LogP contribution in [0.15, 0.2) is 97.2 Å². The molecule has 0 amide bonds. The molecule has 0 fully saturated rings. The zero-order valence-corrected chi connectivity index (χ0v) is 43.4. The fraction of sp³-hybridized carbons (Fsp3) is 0.705. The summed E-state index contributed by atoms with van der Waals surface area (Å²) in [5.74, 6) is -0.432. The Morgan fingerprint density at radius 1 is 0.348 bits per heavy atom. The van der Waals surface area contributed by atoms with Gasteiger partial charge in [0.25, 0.3) is 0 Å². The van der Waals surface area contributed by atoms with Crippen LogP contribution in [0.1, 0.15) is 252 Å². The lowest BCUT2D eigenvalue weighted by Crippen LogP contribution is -2.30. The Morgan fingerprint density at radius 3 is 1.11 bits per heavy atom. The average molecular weight is 917 g/mol. The number of unbranched alkanes of at least 4 members (excludes halogenated alkanes) is 23. The van der Waals surface area contributed by atoms with Crippen molar-refractivity contribution in [1.82, 2.24) is 0 Å². The highest BCUT2D eigenvalue weighted by Gasteiger charge is 2.17. The van der Waals surface area contributed by atoms with Crippen LogP contribution in [-0.2, 0) is 23.8 Å². The summed E-state index contributed by atoms with van der Waals surface area (Å²) >= 11 is 0. The largest absolute Gasteiger partial charge is 0.462 e. The molecule has 5 heteroatoms. The first-order valence-electron chi connectivity index (χ1n) is 27.8. The summed E-state index contributed by atoms with van der Waals surface area (Å²) in [5.41, 5.74) is 0. The minimum Gasteiger partial charge on any atom is -0.462 e. The van der Waals surface area contributed by atoms with Crippen LogP contribution in [0.4, 0.5) is 0 Å². The van der Waals surface area contributed by atoms with Crippen LogP contribution in [0.25, 0.3) is 0 Å². The van der Waals surface area contributed by atoms with Crippen molar-refractivity contribution in [1.29, 1.82) is 0 Å². The van der Waals surface area contributed by atoms with Gasteiger partial charge in [-0.25, -0.2) is 0 Å². The minimum atomic E-state index is -0.559. The highest BCUT2D eigenvalue weighted by molar-refractivity contribution is 5.70. The number of esters is 2. The van der Waals surface area contributed by atoms with Crippen molar-refractivity contribution in [2.24, 2.45) is 0 Å². The topological polar surface area (TPSA) is 61.8 Å². The van der Waals surface area contributed by atoms with Gasteiger partial charge in [-0.1, -0.05) is 221 Å². The maximum absolute atomic E-state index is 12.8. The third-order valence-corrected chi connectivity index (χ3v) is 11.6. The first-order valence-corrected chi connectivity index (χ1v) is 27.8. The van der Waals surface area contributed by atoms with Crippen molar-refractivity contribution < 1.29 is 23.8 Å². The van der Waals surface area contributed by atoms with Gasteiger partial charge in [-0.15, -0.1) is 0 Å². The number of rotatable bonds is 50. The van der Waals surface area contributed by atoms with Crippen LogP contribution < -0.4 is 0 Å². The Balaban J connectivity index is 4.33. The molecule has 0 saturated heterocycles. The van der Waals surface area contributed by atoms with Crippen molar-refractivity contribution in [3.63, 3.8) is 0 Å². The predicted molar refractivity (Wildman–Crippen MR) is 288 cm³/mol. The van der Waals surface area contributed by atoms with Gasteiger partial charge in [0.2, 0.25) is 0 Å². The summed E-state index contributed by atoms with van der Waals surface area (Å²) in [6.45, 7) is 7.56. The second kappa shape index (κ2) is 56.1. The molecule has 0 aromatic carbocycles. The minimum absolute atomic E-state index is 0.0643. The molecule has 0 aliphatic rings. The van der Waals surface area contributed by atoms with E-state index < -0.39 is 6.10 Å². The molecular formula is C61H104O5. The summed E-state index contributed by atoms with van der Waals surface area (Å²) in [6, 6.07) is 0. The molecule has 0 bridgehead atoms. The second-order valence-corrected chi connectivity index (χ2v) is 18.1. The summed E-state index contributed by atoms with van der Waals surface area (Å²) in [4.78, 5) is 25.5. The monoisotopic (exact) mass is 917 g/mol. The SMILES string of the molecule is CC/C=C\C/C=C\C/C=C\C/C=C\CCCCCCCCCOCC(COC(=O)CCCCCCC/C=C\C/C=C\C/C=C\CC)OC(=O)CCCCCCC/C=C\CCCCCCCC. The number of allylic oxidation sites excluding steroid dienone is 16. The molecule has 0 saturated carbocycles. The van der Waals surface area contributed by atoms with E-state index in [9.17, 15) is 9.59 Å². The molecule has 0 radical (unpaired) electrons. The normalized spacial score (nSPS) is 13.0. The van der Waals surface area contributed by atoms with Crippen molar-refractivity contribution in [2.45, 2.75) is 258 Å². The van der Waals surface area contributed by atoms with Crippen LogP contribution in [0.3, 0.4) is 0 Å². The number of carbonyl (C=O) groups excluding carboxylic acids is 2. The van der Waals surface area contributed by atoms with Gasteiger partial charge in [0.05, 0.1) is 6.61 Å². The van der Waals surface area contributed by atoms with Gasteiger partial charge in [-0.05, 0) is 116 Å². The smallest absolute Gasteiger partial charge is 0.306 e. The van der Waals surface area contributed by atoms with Crippen LogP contribution in [0.2, 0.25) is 0 Å². The summed E-state index contributed by atoms with van der Waals surface area (Å²) in [6.07, 6.45) is 75.6. The second-order valence-electron chi connectivity index (χ2n) is 18.1. The molecule has 0 aliphatic carbocycles. The van der Waals surface area contributed by atoms with E-state index in [1.54, 1.807) is 0 Å². The summed E-state index contributed by atoms with van der Waals surface area (Å²) < 4.78 is 17.4. The summed E-state index contributed by atoms with van der Waals surface area (Å²) in [7, 11) is 0. The van der Waals surface area contributed by atoms with Gasteiger partial charge >= 0.3 is 11.9 Å². The third kappa shape index (κ3) is 53.4. The van der Waals surface area contributed by atoms with Crippen LogP contribution in [0.5, 0.6) is 0 Å². The molecular weight excluding hydrogens is 813 g/mol. The van der Waals surface area contributed by atoms with E-state index in [1.807, 2.05) is 0 Å². The first-order chi connectivity index (χ1) is 32.6. The van der Waals surface area contributed by atoms with Gasteiger partial charge < -0.3 is 14.2 Å². The Morgan fingerprint density at radius 2 is 0.682 bits per heavy atom. The van der Waals surface area contributed by atoms with Crippen molar-refractivity contribution in [3.05, 3.63) is 97.2 Å². The third-order valence-electron chi connectivity index (χ3n) is 11.6. The van der Waals surface area contributed by atoms with Gasteiger partial charge in [0.15, 0.2) is 6.10 Å². The Kier molecular flexibility index (Phi) is 53.4. The number of hydrogen-bond acceptors (Lipinski definition) is 5. The van der Waals surface area contributed by atoms with E-state index in [0.717, 1.165) is 109 Å². The highest BCUT2D eigenvalue weighted by atomic mass is 16.6. The number of carbonyl (C=O) groups is 2. The van der Waals surface area contributed by atoms with E-state index in [2.05, 4.69) is 118 Å². The van der Waals surface area contributed by atoms with Crippen molar-refractivity contribution >= 4 is 11.9 Å². The van der Waals surface area contributed by atoms with Gasteiger partial charge in [0.1, 0.15) is 6.61 Å². The molecule has 0 N–H and O–H groups in total. The molecule has 66 heavy (non-hydrogen) atoms. The van der Waals surface area contributed by atoms with Crippen LogP contribution in [0, 0.1) is 0 Å². The first kappa shape index (κ1) is 62.8. The Hall–Kier alpha value is -3.18. The van der Waals surface area contributed by atoms with Crippen LogP contribution >= 0.6 is 0 Å². The van der Waals surface area contributed by atoms with Gasteiger partial charge in [-0.3, -0.25) is 9.59 Å². The maximum Gasteiger partial charge on any atom is 0.306 e. The zero-order valence-electron chi connectivity index (χ0n) is 43.4. The van der Waals surface area contributed by atoms with Gasteiger partial charge in [0, 0.05) is 19.4 Å². The molecule has 1 atom stereocenters. The lowest BCUT2D eigenvalue weighted by Gasteiger charge is -2.18. The molecule has 0 aromatic rings. The van der Waals surface area contributed by atoms with Crippen molar-refractivity contribution in [2.75, 3.05) is 19.8 Å². The fourth-order valence-corrected chi connectivity index (χ4v) is 7.51. The quantitative estimate of drug-likeness (QED) is 0.0346. The van der Waals surface area contributed by atoms with E-state index in [-0.39, 0.29) is 25.2 Å². The molecule has 5 nitrogen and oxygen atoms in total. The Labute approximate surface area is 409 Å². The molecule has 0 heterocycles. The lowest BCUT2D eigenvalue weighted by molar-refractivity contribution is -0.163. The number of ether oxygens (including phenoxy) is 3. The van der Waals surface area contributed by atoms with Gasteiger partial charge in [-0.2, -0.15) is 0 Å². The predicted octanol–water partition coefficient (Wildman–Crippen LogP) is 19.0. The molecule has 0 aliphatic heterocycles. The van der Waals surface area contributed by atoms with E-state index in [0.29, 0.717) is 19.4 Å². The molecule has 0 rings (SSSR count). The molecule has 0 spiro atoms. The fourth-order valence-electron chi connectivity index (χ4n) is 7.51. The standard InChI is InChI=1S/C61H104O5/c1-4-7-10-13-16-19-22-25-28-29-30-31-32-35-38-41-44-47-50-53-56-64-57-59(66-61(63)55-52-49-46-43-40-37-34-27-24-21-18-15-12-9-6-3)58-65-60(62)54-51-48-45-42-39-36-33-26-23-20-17-14-11-8-5-2/h7-8,10-11,16-17,19-20,25-28,30-31,33-34,59H,4-6,9,12-15,18,21-24,29,32,35-58H2,1-3H3/b10-7-,11-8-,19-16-,20-17-,28-25-,31-30-,33-26-,34-27-. The Bertz CT molecular complexity index is 1270. The highest BCUT2D eigenvalue weighted by Crippen LogP contribution is 2.14. The van der Waals surface area contributed by atoms with E-state index >= 15 is 0 Å². The molecule has 1 unspecified atom stereocenters. The van der Waals surface area contributed by atoms with Crippen LogP contribution in [-0.4, -0.2) is 37.9 Å². The zero-order chi connectivity index (χ0) is 47.7. The lowest BCUT2D eigenvalue weighted by atomic mass is 10.1. The molecule has 0 aromatic heterocycles. The molecule has 378 valence electrons. The average Bonchev–Trinajstić information content (AvgIpc) is 3.32.